The van der Waals surface area contributed by atoms with Gasteiger partial charge in [-0.1, -0.05) is 28.1 Å². The van der Waals surface area contributed by atoms with Crippen molar-refractivity contribution in [3.63, 3.8) is 0 Å². The van der Waals surface area contributed by atoms with Gasteiger partial charge in [-0.05, 0) is 67.9 Å². The highest BCUT2D eigenvalue weighted by Gasteiger charge is 2.57. The lowest BCUT2D eigenvalue weighted by molar-refractivity contribution is -0.128. The first-order chi connectivity index (χ1) is 11.9. The first-order valence-corrected chi connectivity index (χ1v) is 9.72. The second-order valence-electron chi connectivity index (χ2n) is 8.31. The van der Waals surface area contributed by atoms with Crippen LogP contribution in [-0.2, 0) is 4.79 Å². The molecule has 0 radical (unpaired) electrons. The van der Waals surface area contributed by atoms with Gasteiger partial charge in [-0.2, -0.15) is 0 Å². The summed E-state index contributed by atoms with van der Waals surface area (Å²) in [5, 5.41) is 9.71. The third kappa shape index (κ3) is 3.28. The number of rotatable bonds is 3. The first-order valence-electron chi connectivity index (χ1n) is 8.93. The number of phenolic OH excluding ortho intramolecular Hbond substituents is 1. The van der Waals surface area contributed by atoms with Gasteiger partial charge in [0.1, 0.15) is 5.75 Å². The van der Waals surface area contributed by atoms with E-state index in [4.69, 9.17) is 0 Å². The average Bonchev–Trinajstić information content (AvgIpc) is 2.50. The number of carbonyl (C=O) groups excluding carboxylic acids is 2. The Labute approximate surface area is 155 Å². The summed E-state index contributed by atoms with van der Waals surface area (Å²) in [6.07, 6.45) is 7.52. The first kappa shape index (κ1) is 16.9. The lowest BCUT2D eigenvalue weighted by Crippen LogP contribution is -2.54. The van der Waals surface area contributed by atoms with Crippen LogP contribution in [0.1, 0.15) is 55.3 Å². The van der Waals surface area contributed by atoms with E-state index in [1.165, 1.54) is 31.4 Å². The van der Waals surface area contributed by atoms with Gasteiger partial charge in [0.2, 0.25) is 5.91 Å². The molecule has 1 aromatic rings. The van der Waals surface area contributed by atoms with Gasteiger partial charge in [0, 0.05) is 10.7 Å². The maximum absolute atomic E-state index is 12.4. The Bertz CT molecular complexity index is 706. The molecule has 0 unspecified atom stereocenters. The number of carbonyl (C=O) groups is 2. The minimum absolute atomic E-state index is 0.0667. The molecule has 5 rings (SSSR count). The molecule has 25 heavy (non-hydrogen) atoms. The predicted octanol–water partition coefficient (Wildman–Crippen LogP) is 3.28. The lowest BCUT2D eigenvalue weighted by atomic mass is 9.48. The molecule has 0 heterocycles. The number of hydrazine groups is 1. The van der Waals surface area contributed by atoms with Gasteiger partial charge in [-0.25, -0.2) is 0 Å². The topological polar surface area (TPSA) is 78.4 Å². The van der Waals surface area contributed by atoms with Crippen LogP contribution in [0.15, 0.2) is 24.3 Å². The minimum Gasteiger partial charge on any atom is -0.507 e. The van der Waals surface area contributed by atoms with Gasteiger partial charge in [0.25, 0.3) is 5.91 Å². The zero-order chi connectivity index (χ0) is 17.7. The van der Waals surface area contributed by atoms with Gasteiger partial charge < -0.3 is 5.11 Å². The number of phenols is 1. The normalized spacial score (nSPS) is 35.4. The van der Waals surface area contributed by atoms with Crippen LogP contribution in [0, 0.1) is 17.3 Å². The number of halogens is 1. The Morgan fingerprint density at radius 3 is 2.44 bits per heavy atom. The molecule has 0 spiro atoms. The highest BCUT2D eigenvalue weighted by atomic mass is 79.9. The highest BCUT2D eigenvalue weighted by Crippen LogP contribution is 2.65. The van der Waals surface area contributed by atoms with Crippen LogP contribution >= 0.6 is 15.9 Å². The minimum atomic E-state index is -0.506. The van der Waals surface area contributed by atoms with Crippen molar-refractivity contribution in [3.05, 3.63) is 29.8 Å². The third-order valence-electron chi connectivity index (χ3n) is 6.11. The summed E-state index contributed by atoms with van der Waals surface area (Å²) in [6.45, 7) is 0. The Balaban J connectivity index is 1.37. The zero-order valence-electron chi connectivity index (χ0n) is 14.1. The van der Waals surface area contributed by atoms with Gasteiger partial charge in [0.05, 0.1) is 5.56 Å². The van der Waals surface area contributed by atoms with Crippen LogP contribution < -0.4 is 10.9 Å². The summed E-state index contributed by atoms with van der Waals surface area (Å²) in [7, 11) is 0. The highest BCUT2D eigenvalue weighted by molar-refractivity contribution is 9.10. The fraction of sp³-hybridized carbons (Fsp3) is 0.579. The molecular weight excluding hydrogens is 384 g/mol. The van der Waals surface area contributed by atoms with Crippen molar-refractivity contribution in [3.8, 4) is 5.75 Å². The number of para-hydroxylation sites is 1. The van der Waals surface area contributed by atoms with Crippen molar-refractivity contribution in [2.45, 2.75) is 49.3 Å². The fourth-order valence-corrected chi connectivity index (χ4v) is 7.30. The molecule has 134 valence electrons. The van der Waals surface area contributed by atoms with E-state index < -0.39 is 5.91 Å². The number of benzene rings is 1. The van der Waals surface area contributed by atoms with E-state index in [9.17, 15) is 14.7 Å². The number of aromatic hydroxyl groups is 1. The molecule has 4 aliphatic carbocycles. The molecule has 4 saturated carbocycles. The molecule has 3 N–H and O–H groups in total. The van der Waals surface area contributed by atoms with Gasteiger partial charge in [-0.3, -0.25) is 20.4 Å². The molecule has 0 saturated heterocycles. The van der Waals surface area contributed by atoms with E-state index in [1.807, 2.05) is 0 Å². The predicted molar refractivity (Wildman–Crippen MR) is 97.1 cm³/mol. The van der Waals surface area contributed by atoms with Crippen molar-refractivity contribution in [1.82, 2.24) is 10.9 Å². The van der Waals surface area contributed by atoms with E-state index >= 15 is 0 Å². The maximum atomic E-state index is 12.4. The summed E-state index contributed by atoms with van der Waals surface area (Å²) in [5.41, 5.74) is 5.17. The standard InChI is InChI=1S/C19H23BrN2O3/c20-19-8-12-5-13(9-19)7-18(6-12,11-19)10-16(24)21-22-17(25)14-3-1-2-4-15(14)23/h1-4,12-13,23H,5-11H2,(H,21,24)(H,22,25)/t12-,13-,18?,19?/m1/s1. The molecule has 0 aliphatic heterocycles. The Morgan fingerprint density at radius 1 is 1.12 bits per heavy atom. The fourth-order valence-electron chi connectivity index (χ4n) is 5.79. The van der Waals surface area contributed by atoms with Crippen molar-refractivity contribution in [2.24, 2.45) is 17.3 Å². The van der Waals surface area contributed by atoms with Crippen molar-refractivity contribution >= 4 is 27.7 Å². The Hall–Kier alpha value is -1.56. The van der Waals surface area contributed by atoms with Gasteiger partial charge in [-0.15, -0.1) is 0 Å². The maximum Gasteiger partial charge on any atom is 0.273 e. The second-order valence-corrected chi connectivity index (χ2v) is 9.99. The van der Waals surface area contributed by atoms with Crippen LogP contribution in [-0.4, -0.2) is 21.2 Å². The molecule has 0 aromatic heterocycles. The number of amides is 2. The number of alkyl halides is 1. The molecule has 2 atom stereocenters. The van der Waals surface area contributed by atoms with Crippen LogP contribution in [0.4, 0.5) is 0 Å². The summed E-state index contributed by atoms with van der Waals surface area (Å²) >= 11 is 3.95. The Kier molecular flexibility index (Phi) is 4.06. The molecule has 6 heteroatoms. The van der Waals surface area contributed by atoms with Crippen LogP contribution in [0.25, 0.3) is 0 Å². The summed E-state index contributed by atoms with van der Waals surface area (Å²) < 4.78 is 0.219. The third-order valence-corrected chi connectivity index (χ3v) is 7.04. The summed E-state index contributed by atoms with van der Waals surface area (Å²) in [6, 6.07) is 6.28. The SMILES string of the molecule is O=C(CC12C[C@H]3C[C@@H](CC(Br)(C3)C1)C2)NNC(=O)c1ccccc1O. The average molecular weight is 407 g/mol. The molecule has 4 bridgehead atoms. The largest absolute Gasteiger partial charge is 0.507 e. The van der Waals surface area contributed by atoms with E-state index in [1.54, 1.807) is 12.1 Å². The number of hydrogen-bond acceptors (Lipinski definition) is 3. The second kappa shape index (κ2) is 6.01. The number of nitrogens with one attached hydrogen (secondary N) is 2. The van der Waals surface area contributed by atoms with Gasteiger partial charge in [0.15, 0.2) is 0 Å². The smallest absolute Gasteiger partial charge is 0.273 e. The molecule has 4 aliphatic rings. The van der Waals surface area contributed by atoms with Crippen LogP contribution in [0.5, 0.6) is 5.75 Å². The van der Waals surface area contributed by atoms with Crippen LogP contribution in [0.3, 0.4) is 0 Å². The van der Waals surface area contributed by atoms with Crippen LogP contribution in [0.2, 0.25) is 0 Å². The number of hydrogen-bond donors (Lipinski definition) is 3. The zero-order valence-corrected chi connectivity index (χ0v) is 15.6. The van der Waals surface area contributed by atoms with Gasteiger partial charge >= 0.3 is 0 Å². The molecule has 5 nitrogen and oxygen atoms in total. The van der Waals surface area contributed by atoms with Crippen molar-refractivity contribution in [2.75, 3.05) is 0 Å². The lowest BCUT2D eigenvalue weighted by Gasteiger charge is -2.60. The molecule has 1 aromatic carbocycles. The summed E-state index contributed by atoms with van der Waals surface area (Å²) in [5.74, 6) is 0.695. The summed E-state index contributed by atoms with van der Waals surface area (Å²) in [4.78, 5) is 24.5. The van der Waals surface area contributed by atoms with Crippen molar-refractivity contribution < 1.29 is 14.7 Å². The van der Waals surface area contributed by atoms with E-state index in [0.717, 1.165) is 31.1 Å². The quantitative estimate of drug-likeness (QED) is 0.532. The molecule has 4 fully saturated rings. The molecular formula is C19H23BrN2O3. The Morgan fingerprint density at radius 2 is 1.80 bits per heavy atom. The van der Waals surface area contributed by atoms with Crippen molar-refractivity contribution in [1.29, 1.82) is 0 Å². The van der Waals surface area contributed by atoms with E-state index in [2.05, 4.69) is 26.8 Å². The van der Waals surface area contributed by atoms with E-state index in [0.29, 0.717) is 6.42 Å². The molecule has 2 amide bonds. The monoisotopic (exact) mass is 406 g/mol. The van der Waals surface area contributed by atoms with E-state index in [-0.39, 0.29) is 27.0 Å².